The van der Waals surface area contributed by atoms with Gasteiger partial charge in [0.1, 0.15) is 5.82 Å². The van der Waals surface area contributed by atoms with E-state index in [0.717, 1.165) is 24.0 Å². The van der Waals surface area contributed by atoms with Gasteiger partial charge in [-0.2, -0.15) is 5.10 Å². The summed E-state index contributed by atoms with van der Waals surface area (Å²) >= 11 is 0. The van der Waals surface area contributed by atoms with Crippen LogP contribution in [0, 0.1) is 5.82 Å². The van der Waals surface area contributed by atoms with Gasteiger partial charge in [0.05, 0.1) is 29.4 Å². The minimum Gasteiger partial charge on any atom is -0.349 e. The summed E-state index contributed by atoms with van der Waals surface area (Å²) in [6, 6.07) is 18.2. The van der Waals surface area contributed by atoms with Gasteiger partial charge in [0.2, 0.25) is 0 Å². The van der Waals surface area contributed by atoms with Crippen molar-refractivity contribution in [3.63, 3.8) is 0 Å². The third-order valence-electron chi connectivity index (χ3n) is 5.06. The third-order valence-corrected chi connectivity index (χ3v) is 5.06. The van der Waals surface area contributed by atoms with Crippen LogP contribution in [0.25, 0.3) is 22.3 Å². The number of aromatic nitrogens is 3. The molecule has 1 saturated carbocycles. The van der Waals surface area contributed by atoms with Gasteiger partial charge in [-0.05, 0) is 36.6 Å². The summed E-state index contributed by atoms with van der Waals surface area (Å²) in [4.78, 5) is 17.7. The summed E-state index contributed by atoms with van der Waals surface area (Å²) in [6.07, 6.45) is 3.70. The summed E-state index contributed by atoms with van der Waals surface area (Å²) in [7, 11) is 0. The van der Waals surface area contributed by atoms with Gasteiger partial charge in [-0.3, -0.25) is 4.79 Å². The van der Waals surface area contributed by atoms with E-state index in [-0.39, 0.29) is 17.8 Å². The smallest absolute Gasteiger partial charge is 0.252 e. The lowest BCUT2D eigenvalue weighted by molar-refractivity contribution is 0.0952. The SMILES string of the molecule is O=C(NC1CC1)c1cc(-c2ccccc2)nc2c1cnn2Cc1cccc(F)c1. The molecule has 0 saturated heterocycles. The van der Waals surface area contributed by atoms with Gasteiger partial charge >= 0.3 is 0 Å². The Morgan fingerprint density at radius 3 is 2.69 bits per heavy atom. The number of fused-ring (bicyclic) bond motifs is 1. The van der Waals surface area contributed by atoms with Gasteiger partial charge in [-0.1, -0.05) is 42.5 Å². The van der Waals surface area contributed by atoms with Crippen molar-refractivity contribution in [2.24, 2.45) is 0 Å². The summed E-state index contributed by atoms with van der Waals surface area (Å²) in [6.45, 7) is 0.371. The Hall–Kier alpha value is -3.54. The molecule has 6 heteroatoms. The molecule has 0 bridgehead atoms. The van der Waals surface area contributed by atoms with E-state index >= 15 is 0 Å². The van der Waals surface area contributed by atoms with E-state index in [1.807, 2.05) is 42.5 Å². The van der Waals surface area contributed by atoms with Gasteiger partial charge in [-0.25, -0.2) is 14.1 Å². The number of halogens is 1. The Bertz CT molecular complexity index is 1200. The molecule has 2 aromatic carbocycles. The number of benzene rings is 2. The maximum absolute atomic E-state index is 13.6. The normalized spacial score (nSPS) is 13.6. The average molecular weight is 386 g/mol. The first-order chi connectivity index (χ1) is 14.2. The zero-order chi connectivity index (χ0) is 19.8. The molecule has 1 N–H and O–H groups in total. The molecule has 2 aromatic heterocycles. The van der Waals surface area contributed by atoms with Crippen molar-refractivity contribution in [2.45, 2.75) is 25.4 Å². The standard InChI is InChI=1S/C23H19FN4O/c24-17-8-4-5-15(11-17)14-28-22-20(13-25-28)19(23(29)26-18-9-10-18)12-21(27-22)16-6-2-1-3-7-16/h1-8,11-13,18H,9-10,14H2,(H,26,29). The molecule has 2 heterocycles. The molecule has 144 valence electrons. The van der Waals surface area contributed by atoms with E-state index in [1.165, 1.54) is 12.1 Å². The second-order valence-corrected chi connectivity index (χ2v) is 7.34. The van der Waals surface area contributed by atoms with Gasteiger partial charge in [0, 0.05) is 11.6 Å². The fraction of sp³-hybridized carbons (Fsp3) is 0.174. The predicted octanol–water partition coefficient (Wildman–Crippen LogP) is 4.18. The lowest BCUT2D eigenvalue weighted by Crippen LogP contribution is -2.25. The topological polar surface area (TPSA) is 59.8 Å². The molecule has 5 nitrogen and oxygen atoms in total. The Morgan fingerprint density at radius 1 is 1.10 bits per heavy atom. The predicted molar refractivity (Wildman–Crippen MR) is 109 cm³/mol. The van der Waals surface area contributed by atoms with Crippen molar-refractivity contribution in [2.75, 3.05) is 0 Å². The van der Waals surface area contributed by atoms with E-state index in [9.17, 15) is 9.18 Å². The molecular formula is C23H19FN4O. The molecular weight excluding hydrogens is 367 g/mol. The lowest BCUT2D eigenvalue weighted by Gasteiger charge is -2.10. The highest BCUT2D eigenvalue weighted by molar-refractivity contribution is 6.06. The highest BCUT2D eigenvalue weighted by Crippen LogP contribution is 2.27. The second kappa shape index (κ2) is 7.13. The first-order valence-electron chi connectivity index (χ1n) is 9.65. The highest BCUT2D eigenvalue weighted by atomic mass is 19.1. The van der Waals surface area contributed by atoms with Crippen LogP contribution in [0.3, 0.4) is 0 Å². The minimum absolute atomic E-state index is 0.109. The lowest BCUT2D eigenvalue weighted by atomic mass is 10.1. The zero-order valence-electron chi connectivity index (χ0n) is 15.7. The number of pyridine rings is 1. The molecule has 1 amide bonds. The van der Waals surface area contributed by atoms with Crippen LogP contribution in [-0.2, 0) is 6.54 Å². The zero-order valence-corrected chi connectivity index (χ0v) is 15.7. The molecule has 0 atom stereocenters. The molecule has 29 heavy (non-hydrogen) atoms. The first-order valence-corrected chi connectivity index (χ1v) is 9.65. The fourth-order valence-electron chi connectivity index (χ4n) is 3.41. The highest BCUT2D eigenvalue weighted by Gasteiger charge is 2.26. The molecule has 1 aliphatic rings. The molecule has 5 rings (SSSR count). The minimum atomic E-state index is -0.290. The van der Waals surface area contributed by atoms with Crippen molar-refractivity contribution >= 4 is 16.9 Å². The van der Waals surface area contributed by atoms with Crippen LogP contribution in [0.4, 0.5) is 4.39 Å². The fourth-order valence-corrected chi connectivity index (χ4v) is 3.41. The van der Waals surface area contributed by atoms with E-state index in [0.29, 0.717) is 28.8 Å². The van der Waals surface area contributed by atoms with Crippen LogP contribution < -0.4 is 5.32 Å². The number of rotatable bonds is 5. The monoisotopic (exact) mass is 386 g/mol. The number of amides is 1. The molecule has 0 unspecified atom stereocenters. The van der Waals surface area contributed by atoms with E-state index in [2.05, 4.69) is 10.4 Å². The summed E-state index contributed by atoms with van der Waals surface area (Å²) in [5.74, 6) is -0.399. The Labute approximate surface area is 167 Å². The quantitative estimate of drug-likeness (QED) is 0.560. The van der Waals surface area contributed by atoms with Crippen molar-refractivity contribution in [1.82, 2.24) is 20.1 Å². The Balaban J connectivity index is 1.62. The summed E-state index contributed by atoms with van der Waals surface area (Å²) in [5, 5.41) is 8.19. The van der Waals surface area contributed by atoms with Crippen LogP contribution in [-0.4, -0.2) is 26.7 Å². The van der Waals surface area contributed by atoms with Crippen molar-refractivity contribution in [1.29, 1.82) is 0 Å². The van der Waals surface area contributed by atoms with Crippen LogP contribution in [0.5, 0.6) is 0 Å². The van der Waals surface area contributed by atoms with Gasteiger partial charge in [-0.15, -0.1) is 0 Å². The largest absolute Gasteiger partial charge is 0.349 e. The van der Waals surface area contributed by atoms with E-state index in [1.54, 1.807) is 16.9 Å². The number of nitrogens with zero attached hydrogens (tertiary/aromatic N) is 3. The molecule has 4 aromatic rings. The third kappa shape index (κ3) is 3.61. The van der Waals surface area contributed by atoms with Gasteiger partial charge in [0.25, 0.3) is 5.91 Å². The Morgan fingerprint density at radius 2 is 1.93 bits per heavy atom. The maximum atomic E-state index is 13.6. The van der Waals surface area contributed by atoms with Crippen LogP contribution >= 0.6 is 0 Å². The van der Waals surface area contributed by atoms with Crippen LogP contribution in [0.1, 0.15) is 28.8 Å². The average Bonchev–Trinajstić information content (AvgIpc) is 3.46. The van der Waals surface area contributed by atoms with Crippen molar-refractivity contribution in [3.8, 4) is 11.3 Å². The first kappa shape index (κ1) is 17.6. The molecule has 0 spiro atoms. The van der Waals surface area contributed by atoms with E-state index < -0.39 is 0 Å². The summed E-state index contributed by atoms with van der Waals surface area (Å²) in [5.41, 5.74) is 3.59. The van der Waals surface area contributed by atoms with Crippen LogP contribution in [0.2, 0.25) is 0 Å². The number of hydrogen-bond donors (Lipinski definition) is 1. The van der Waals surface area contributed by atoms with Gasteiger partial charge < -0.3 is 5.32 Å². The molecule has 1 aliphatic carbocycles. The molecule has 0 radical (unpaired) electrons. The molecule has 0 aliphatic heterocycles. The number of carbonyl (C=O) groups excluding carboxylic acids is 1. The Kier molecular flexibility index (Phi) is 4.31. The number of nitrogens with one attached hydrogen (secondary N) is 1. The van der Waals surface area contributed by atoms with E-state index in [4.69, 9.17) is 4.98 Å². The van der Waals surface area contributed by atoms with Gasteiger partial charge in [0.15, 0.2) is 5.65 Å². The summed E-state index contributed by atoms with van der Waals surface area (Å²) < 4.78 is 15.3. The van der Waals surface area contributed by atoms with Crippen molar-refractivity contribution in [3.05, 3.63) is 83.8 Å². The van der Waals surface area contributed by atoms with Crippen molar-refractivity contribution < 1.29 is 9.18 Å². The maximum Gasteiger partial charge on any atom is 0.252 e. The number of hydrogen-bond acceptors (Lipinski definition) is 3. The number of carbonyl (C=O) groups is 1. The second-order valence-electron chi connectivity index (χ2n) is 7.34. The molecule has 1 fully saturated rings. The van der Waals surface area contributed by atoms with Crippen LogP contribution in [0.15, 0.2) is 66.9 Å².